The van der Waals surface area contributed by atoms with Gasteiger partial charge in [-0.15, -0.1) is 0 Å². The number of hydrogen-bond acceptors (Lipinski definition) is 2. The molecule has 3 nitrogen and oxygen atoms in total. The molecular weight excluding hydrogens is 314 g/mol. The average Bonchev–Trinajstić information content (AvgIpc) is 2.46. The Morgan fingerprint density at radius 3 is 2.64 bits per heavy atom. The minimum Gasteiger partial charge on any atom is -0.496 e. The van der Waals surface area contributed by atoms with Gasteiger partial charge in [-0.1, -0.05) is 17.7 Å². The van der Waals surface area contributed by atoms with E-state index in [4.69, 9.17) is 16.3 Å². The Kier molecular flexibility index (Phi) is 4.98. The highest BCUT2D eigenvalue weighted by Gasteiger charge is 2.27. The van der Waals surface area contributed by atoms with Crippen molar-refractivity contribution in [3.8, 4) is 5.75 Å². The summed E-state index contributed by atoms with van der Waals surface area (Å²) in [5, 5.41) is 9.43. The predicted octanol–water partition coefficient (Wildman–Crippen LogP) is 4.04. The van der Waals surface area contributed by atoms with Gasteiger partial charge in [0, 0.05) is 10.6 Å². The SMILES string of the molecule is COc1ccc(F)cc1CC(C(=O)O)c1c(F)cccc1Cl. The molecule has 0 amide bonds. The van der Waals surface area contributed by atoms with Crippen LogP contribution in [-0.4, -0.2) is 18.2 Å². The molecule has 0 spiro atoms. The van der Waals surface area contributed by atoms with E-state index in [-0.39, 0.29) is 17.0 Å². The van der Waals surface area contributed by atoms with Crippen LogP contribution in [0, 0.1) is 11.6 Å². The average molecular weight is 327 g/mol. The fourth-order valence-corrected chi connectivity index (χ4v) is 2.58. The number of methoxy groups -OCH3 is 1. The first-order valence-corrected chi connectivity index (χ1v) is 6.81. The fourth-order valence-electron chi connectivity index (χ4n) is 2.28. The Morgan fingerprint density at radius 2 is 2.05 bits per heavy atom. The number of halogens is 3. The van der Waals surface area contributed by atoms with Crippen LogP contribution in [0.1, 0.15) is 17.0 Å². The third-order valence-electron chi connectivity index (χ3n) is 3.31. The van der Waals surface area contributed by atoms with Crippen LogP contribution in [0.4, 0.5) is 8.78 Å². The van der Waals surface area contributed by atoms with E-state index in [2.05, 4.69) is 0 Å². The molecule has 0 saturated heterocycles. The third-order valence-corrected chi connectivity index (χ3v) is 3.64. The van der Waals surface area contributed by atoms with Crippen molar-refractivity contribution < 1.29 is 23.4 Å². The topological polar surface area (TPSA) is 46.5 Å². The van der Waals surface area contributed by atoms with Crippen molar-refractivity contribution in [1.29, 1.82) is 0 Å². The lowest BCUT2D eigenvalue weighted by Gasteiger charge is -2.17. The lowest BCUT2D eigenvalue weighted by atomic mass is 9.91. The Balaban J connectivity index is 2.47. The van der Waals surface area contributed by atoms with E-state index in [0.29, 0.717) is 11.3 Å². The fraction of sp³-hybridized carbons (Fsp3) is 0.188. The number of carbonyl (C=O) groups is 1. The zero-order valence-corrected chi connectivity index (χ0v) is 12.4. The monoisotopic (exact) mass is 326 g/mol. The van der Waals surface area contributed by atoms with Crippen molar-refractivity contribution in [2.45, 2.75) is 12.3 Å². The molecule has 1 N–H and O–H groups in total. The smallest absolute Gasteiger partial charge is 0.311 e. The minimum atomic E-state index is -1.25. The molecule has 0 bridgehead atoms. The molecule has 2 rings (SSSR count). The van der Waals surface area contributed by atoms with Gasteiger partial charge >= 0.3 is 5.97 Å². The van der Waals surface area contributed by atoms with Crippen LogP contribution in [-0.2, 0) is 11.2 Å². The quantitative estimate of drug-likeness (QED) is 0.902. The highest BCUT2D eigenvalue weighted by atomic mass is 35.5. The maximum Gasteiger partial charge on any atom is 0.311 e. The standard InChI is InChI=1S/C16H13ClF2O3/c1-22-14-6-5-10(18)7-9(14)8-11(16(20)21)15-12(17)3-2-4-13(15)19/h2-7,11H,8H2,1H3,(H,20,21). The zero-order valence-electron chi connectivity index (χ0n) is 11.6. The molecule has 116 valence electrons. The summed E-state index contributed by atoms with van der Waals surface area (Å²) in [5.41, 5.74) is 0.206. The van der Waals surface area contributed by atoms with E-state index in [0.717, 1.165) is 6.07 Å². The van der Waals surface area contributed by atoms with Crippen LogP contribution in [0.5, 0.6) is 5.75 Å². The second kappa shape index (κ2) is 6.75. The summed E-state index contributed by atoms with van der Waals surface area (Å²) in [6.45, 7) is 0. The Hall–Kier alpha value is -2.14. The van der Waals surface area contributed by atoms with Crippen molar-refractivity contribution in [3.05, 3.63) is 64.2 Å². The number of benzene rings is 2. The number of carboxylic acid groups (broad SMARTS) is 1. The first-order chi connectivity index (χ1) is 10.4. The van der Waals surface area contributed by atoms with Gasteiger partial charge in [0.2, 0.25) is 0 Å². The normalized spacial score (nSPS) is 12.0. The molecule has 2 aromatic rings. The predicted molar refractivity (Wildman–Crippen MR) is 78.4 cm³/mol. The van der Waals surface area contributed by atoms with Crippen LogP contribution in [0.15, 0.2) is 36.4 Å². The van der Waals surface area contributed by atoms with Crippen molar-refractivity contribution in [1.82, 2.24) is 0 Å². The highest BCUT2D eigenvalue weighted by Crippen LogP contribution is 2.33. The van der Waals surface area contributed by atoms with Crippen molar-refractivity contribution >= 4 is 17.6 Å². The van der Waals surface area contributed by atoms with Crippen molar-refractivity contribution in [2.24, 2.45) is 0 Å². The molecule has 22 heavy (non-hydrogen) atoms. The molecule has 0 aliphatic rings. The van der Waals surface area contributed by atoms with Gasteiger partial charge in [0.05, 0.1) is 13.0 Å². The van der Waals surface area contributed by atoms with Gasteiger partial charge in [-0.2, -0.15) is 0 Å². The van der Waals surface area contributed by atoms with Gasteiger partial charge in [0.25, 0.3) is 0 Å². The maximum absolute atomic E-state index is 14.0. The van der Waals surface area contributed by atoms with Crippen LogP contribution < -0.4 is 4.74 Å². The Labute approximate surface area is 131 Å². The van der Waals surface area contributed by atoms with E-state index >= 15 is 0 Å². The van der Waals surface area contributed by atoms with Gasteiger partial charge in [-0.05, 0) is 42.3 Å². The Morgan fingerprint density at radius 1 is 1.32 bits per heavy atom. The first-order valence-electron chi connectivity index (χ1n) is 6.43. The van der Waals surface area contributed by atoms with Gasteiger partial charge in [0.15, 0.2) is 0 Å². The van der Waals surface area contributed by atoms with Gasteiger partial charge < -0.3 is 9.84 Å². The molecular formula is C16H13ClF2O3. The second-order valence-corrected chi connectivity index (χ2v) is 5.09. The van der Waals surface area contributed by atoms with Crippen molar-refractivity contribution in [3.63, 3.8) is 0 Å². The van der Waals surface area contributed by atoms with Crippen molar-refractivity contribution in [2.75, 3.05) is 7.11 Å². The third kappa shape index (κ3) is 3.36. The molecule has 2 aromatic carbocycles. The highest BCUT2D eigenvalue weighted by molar-refractivity contribution is 6.31. The molecule has 0 fully saturated rings. The summed E-state index contributed by atoms with van der Waals surface area (Å²) < 4.78 is 32.5. The number of hydrogen-bond donors (Lipinski definition) is 1. The Bertz CT molecular complexity index is 684. The van der Waals surface area contributed by atoms with E-state index in [1.54, 1.807) is 0 Å². The number of rotatable bonds is 5. The molecule has 0 saturated carbocycles. The lowest BCUT2D eigenvalue weighted by molar-refractivity contribution is -0.138. The first kappa shape index (κ1) is 16.2. The van der Waals surface area contributed by atoms with Crippen LogP contribution in [0.3, 0.4) is 0 Å². The van der Waals surface area contributed by atoms with Gasteiger partial charge in [-0.3, -0.25) is 4.79 Å². The molecule has 0 aliphatic carbocycles. The number of ether oxygens (including phenoxy) is 1. The summed E-state index contributed by atoms with van der Waals surface area (Å²) in [5.74, 6) is -3.40. The van der Waals surface area contributed by atoms with E-state index < -0.39 is 23.5 Å². The summed E-state index contributed by atoms with van der Waals surface area (Å²) in [6.07, 6.45) is -0.142. The molecule has 0 radical (unpaired) electrons. The molecule has 0 aliphatic heterocycles. The van der Waals surface area contributed by atoms with E-state index in [9.17, 15) is 18.7 Å². The number of aliphatic carboxylic acids is 1. The van der Waals surface area contributed by atoms with Gasteiger partial charge in [0.1, 0.15) is 17.4 Å². The molecule has 1 unspecified atom stereocenters. The summed E-state index contributed by atoms with van der Waals surface area (Å²) in [7, 11) is 1.39. The second-order valence-electron chi connectivity index (χ2n) is 4.69. The molecule has 6 heteroatoms. The largest absolute Gasteiger partial charge is 0.496 e. The van der Waals surface area contributed by atoms with E-state index in [1.165, 1.54) is 37.4 Å². The molecule has 1 atom stereocenters. The number of carboxylic acids is 1. The minimum absolute atomic E-state index is 0.0165. The van der Waals surface area contributed by atoms with E-state index in [1.807, 2.05) is 0 Å². The van der Waals surface area contributed by atoms with Gasteiger partial charge in [-0.25, -0.2) is 8.78 Å². The summed E-state index contributed by atoms with van der Waals surface area (Å²) >= 11 is 5.93. The summed E-state index contributed by atoms with van der Waals surface area (Å²) in [4.78, 5) is 11.5. The molecule has 0 aromatic heterocycles. The van der Waals surface area contributed by atoms with Crippen LogP contribution >= 0.6 is 11.6 Å². The zero-order chi connectivity index (χ0) is 16.3. The summed E-state index contributed by atoms with van der Waals surface area (Å²) in [6, 6.07) is 7.71. The molecule has 0 heterocycles. The maximum atomic E-state index is 14.0. The van der Waals surface area contributed by atoms with Crippen LogP contribution in [0.25, 0.3) is 0 Å². The lowest BCUT2D eigenvalue weighted by Crippen LogP contribution is -2.17. The van der Waals surface area contributed by atoms with Crippen LogP contribution in [0.2, 0.25) is 5.02 Å².